The van der Waals surface area contributed by atoms with Crippen molar-refractivity contribution in [2.24, 2.45) is 0 Å². The molecule has 3 heterocycles. The van der Waals surface area contributed by atoms with Gasteiger partial charge < -0.3 is 15.2 Å². The highest BCUT2D eigenvalue weighted by atomic mass is 32.1. The molecule has 7 nitrogen and oxygen atoms in total. The molecular formula is C12H14N6OS. The van der Waals surface area contributed by atoms with E-state index in [9.17, 15) is 0 Å². The van der Waals surface area contributed by atoms with Crippen LogP contribution in [0.25, 0.3) is 10.2 Å². The number of fused-ring (bicyclic) bond motifs is 1. The third-order valence-electron chi connectivity index (χ3n) is 2.68. The minimum atomic E-state index is 0.464. The molecule has 0 atom stereocenters. The zero-order valence-corrected chi connectivity index (χ0v) is 11.8. The summed E-state index contributed by atoms with van der Waals surface area (Å²) in [7, 11) is 0. The zero-order chi connectivity index (χ0) is 13.8. The lowest BCUT2D eigenvalue weighted by Gasteiger charge is -2.08. The van der Waals surface area contributed by atoms with Crippen molar-refractivity contribution >= 4 is 33.3 Å². The van der Waals surface area contributed by atoms with Crippen LogP contribution in [0.15, 0.2) is 22.4 Å². The van der Waals surface area contributed by atoms with E-state index in [4.69, 9.17) is 4.52 Å². The number of thiophene rings is 1. The minimum Gasteiger partial charge on any atom is -0.362 e. The second kappa shape index (κ2) is 5.83. The van der Waals surface area contributed by atoms with E-state index >= 15 is 0 Å². The fourth-order valence-corrected chi connectivity index (χ4v) is 2.50. The monoisotopic (exact) mass is 290 g/mol. The Morgan fingerprint density at radius 3 is 3.05 bits per heavy atom. The van der Waals surface area contributed by atoms with Crippen molar-refractivity contribution in [3.63, 3.8) is 0 Å². The van der Waals surface area contributed by atoms with Crippen molar-refractivity contribution in [1.82, 2.24) is 20.1 Å². The summed E-state index contributed by atoms with van der Waals surface area (Å²) in [6, 6.07) is 2.00. The van der Waals surface area contributed by atoms with E-state index in [1.165, 1.54) is 6.39 Å². The molecule has 8 heteroatoms. The lowest BCUT2D eigenvalue weighted by atomic mass is 10.3. The first kappa shape index (κ1) is 12.8. The molecule has 2 N–H and O–H groups in total. The van der Waals surface area contributed by atoms with E-state index < -0.39 is 0 Å². The Morgan fingerprint density at radius 2 is 2.25 bits per heavy atom. The molecule has 3 aromatic rings. The van der Waals surface area contributed by atoms with Crippen LogP contribution < -0.4 is 10.6 Å². The van der Waals surface area contributed by atoms with Crippen molar-refractivity contribution in [2.75, 3.05) is 17.2 Å². The van der Waals surface area contributed by atoms with E-state index in [1.807, 2.05) is 11.4 Å². The SMILES string of the molecule is CCCNc1nc(NCc2ncon2)c2ccsc2n1. The Hall–Kier alpha value is -2.22. The second-order valence-electron chi connectivity index (χ2n) is 4.16. The van der Waals surface area contributed by atoms with Gasteiger partial charge in [0.1, 0.15) is 10.6 Å². The number of aromatic nitrogens is 4. The summed E-state index contributed by atoms with van der Waals surface area (Å²) in [4.78, 5) is 13.9. The first-order valence-electron chi connectivity index (χ1n) is 6.35. The van der Waals surface area contributed by atoms with Gasteiger partial charge in [-0.05, 0) is 17.9 Å². The van der Waals surface area contributed by atoms with Gasteiger partial charge in [-0.15, -0.1) is 11.3 Å². The molecule has 0 bridgehead atoms. The number of nitrogens with zero attached hydrogens (tertiary/aromatic N) is 4. The predicted octanol–water partition coefficient (Wildman–Crippen LogP) is 2.51. The first-order valence-corrected chi connectivity index (χ1v) is 7.23. The van der Waals surface area contributed by atoms with Gasteiger partial charge in [0.2, 0.25) is 12.3 Å². The first-order chi connectivity index (χ1) is 9.86. The Morgan fingerprint density at radius 1 is 1.30 bits per heavy atom. The van der Waals surface area contributed by atoms with Crippen molar-refractivity contribution in [3.8, 4) is 0 Å². The van der Waals surface area contributed by atoms with Gasteiger partial charge in [-0.3, -0.25) is 0 Å². The molecular weight excluding hydrogens is 276 g/mol. The lowest BCUT2D eigenvalue weighted by molar-refractivity contribution is 0.411. The molecule has 0 amide bonds. The molecule has 0 saturated carbocycles. The molecule has 0 aromatic carbocycles. The van der Waals surface area contributed by atoms with Crippen molar-refractivity contribution in [3.05, 3.63) is 23.7 Å². The molecule has 0 aliphatic rings. The summed E-state index contributed by atoms with van der Waals surface area (Å²) >= 11 is 1.59. The fraction of sp³-hybridized carbons (Fsp3) is 0.333. The van der Waals surface area contributed by atoms with Gasteiger partial charge in [-0.1, -0.05) is 12.1 Å². The fourth-order valence-electron chi connectivity index (χ4n) is 1.74. The number of hydrogen-bond acceptors (Lipinski definition) is 8. The second-order valence-corrected chi connectivity index (χ2v) is 5.06. The van der Waals surface area contributed by atoms with Gasteiger partial charge in [0.15, 0.2) is 5.82 Å². The third kappa shape index (κ3) is 2.69. The molecule has 0 fully saturated rings. The van der Waals surface area contributed by atoms with Gasteiger partial charge in [0.05, 0.1) is 11.9 Å². The maximum Gasteiger partial charge on any atom is 0.226 e. The molecule has 0 aliphatic heterocycles. The van der Waals surface area contributed by atoms with Crippen molar-refractivity contribution in [2.45, 2.75) is 19.9 Å². The van der Waals surface area contributed by atoms with Gasteiger partial charge in [0, 0.05) is 6.54 Å². The van der Waals surface area contributed by atoms with Gasteiger partial charge in [0.25, 0.3) is 0 Å². The molecule has 0 saturated heterocycles. The largest absolute Gasteiger partial charge is 0.362 e. The van der Waals surface area contributed by atoms with Crippen LogP contribution in [0.3, 0.4) is 0 Å². The predicted molar refractivity (Wildman–Crippen MR) is 77.8 cm³/mol. The van der Waals surface area contributed by atoms with Gasteiger partial charge in [-0.25, -0.2) is 4.98 Å². The van der Waals surface area contributed by atoms with E-state index in [-0.39, 0.29) is 0 Å². The maximum atomic E-state index is 4.71. The summed E-state index contributed by atoms with van der Waals surface area (Å²) in [5.41, 5.74) is 0. The number of hydrogen-bond donors (Lipinski definition) is 2. The van der Waals surface area contributed by atoms with Crippen LogP contribution in [0.2, 0.25) is 0 Å². The topological polar surface area (TPSA) is 88.8 Å². The highest BCUT2D eigenvalue weighted by molar-refractivity contribution is 7.16. The van der Waals surface area contributed by atoms with Crippen LogP contribution in [0.1, 0.15) is 19.2 Å². The minimum absolute atomic E-state index is 0.464. The van der Waals surface area contributed by atoms with E-state index in [1.54, 1.807) is 11.3 Å². The highest BCUT2D eigenvalue weighted by Crippen LogP contribution is 2.26. The molecule has 20 heavy (non-hydrogen) atoms. The molecule has 0 spiro atoms. The van der Waals surface area contributed by atoms with Crippen LogP contribution in [-0.4, -0.2) is 26.7 Å². The summed E-state index contributed by atoms with van der Waals surface area (Å²) in [5, 5.41) is 13.2. The van der Waals surface area contributed by atoms with Gasteiger partial charge >= 0.3 is 0 Å². The average molecular weight is 290 g/mol. The van der Waals surface area contributed by atoms with E-state index in [2.05, 4.69) is 37.7 Å². The van der Waals surface area contributed by atoms with Crippen LogP contribution >= 0.6 is 11.3 Å². The Labute approximate surface area is 119 Å². The molecule has 3 rings (SSSR count). The van der Waals surface area contributed by atoms with Crippen LogP contribution in [0.4, 0.5) is 11.8 Å². The van der Waals surface area contributed by atoms with Crippen LogP contribution in [0, 0.1) is 0 Å². The Balaban J connectivity index is 1.85. The number of anilines is 2. The van der Waals surface area contributed by atoms with Crippen LogP contribution in [-0.2, 0) is 6.54 Å². The Bertz CT molecular complexity index is 680. The summed E-state index contributed by atoms with van der Waals surface area (Å²) < 4.78 is 4.71. The normalized spacial score (nSPS) is 10.8. The van der Waals surface area contributed by atoms with E-state index in [0.29, 0.717) is 18.3 Å². The zero-order valence-electron chi connectivity index (χ0n) is 11.0. The molecule has 104 valence electrons. The van der Waals surface area contributed by atoms with Crippen LogP contribution in [0.5, 0.6) is 0 Å². The summed E-state index contributed by atoms with van der Waals surface area (Å²) in [5.74, 6) is 2.01. The number of nitrogens with one attached hydrogen (secondary N) is 2. The standard InChI is InChI=1S/C12H14N6OS/c1-2-4-13-12-16-10(8-3-5-20-11(8)17-12)14-6-9-15-7-19-18-9/h3,5,7H,2,4,6H2,1H3,(H2,13,14,16,17). The summed E-state index contributed by atoms with van der Waals surface area (Å²) in [6.07, 6.45) is 2.34. The Kier molecular flexibility index (Phi) is 3.73. The average Bonchev–Trinajstić information content (AvgIpc) is 3.13. The molecule has 0 radical (unpaired) electrons. The molecule has 3 aromatic heterocycles. The van der Waals surface area contributed by atoms with Crippen molar-refractivity contribution < 1.29 is 4.52 Å². The number of rotatable bonds is 6. The summed E-state index contributed by atoms with van der Waals surface area (Å²) in [6.45, 7) is 3.42. The lowest BCUT2D eigenvalue weighted by Crippen LogP contribution is -2.08. The van der Waals surface area contributed by atoms with E-state index in [0.717, 1.165) is 29.0 Å². The highest BCUT2D eigenvalue weighted by Gasteiger charge is 2.09. The van der Waals surface area contributed by atoms with Gasteiger partial charge in [-0.2, -0.15) is 9.97 Å². The maximum absolute atomic E-state index is 4.71. The quantitative estimate of drug-likeness (QED) is 0.721. The molecule has 0 aliphatic carbocycles. The van der Waals surface area contributed by atoms with Crippen molar-refractivity contribution in [1.29, 1.82) is 0 Å². The smallest absolute Gasteiger partial charge is 0.226 e. The molecule has 0 unspecified atom stereocenters. The third-order valence-corrected chi connectivity index (χ3v) is 3.49.